The Labute approximate surface area is 85.3 Å². The third kappa shape index (κ3) is 2.06. The molecule has 0 radical (unpaired) electrons. The molecular formula is C12H17NO. The number of hydrogen-bond donors (Lipinski definition) is 0. The van der Waals surface area contributed by atoms with E-state index in [0.717, 1.165) is 11.4 Å². The minimum atomic E-state index is 0.456. The van der Waals surface area contributed by atoms with Crippen molar-refractivity contribution in [3.8, 4) is 5.75 Å². The van der Waals surface area contributed by atoms with Crippen LogP contribution in [0.25, 0.3) is 0 Å². The summed E-state index contributed by atoms with van der Waals surface area (Å²) in [5, 5.41) is 0. The molecule has 1 aromatic heterocycles. The zero-order valence-electron chi connectivity index (χ0n) is 9.08. The molecule has 1 heterocycles. The van der Waals surface area contributed by atoms with Crippen LogP contribution < -0.4 is 4.74 Å². The van der Waals surface area contributed by atoms with Crippen molar-refractivity contribution in [2.24, 2.45) is 0 Å². The number of hydrogen-bond acceptors (Lipinski definition) is 2. The standard InChI is InChI=1S/C12H17NO/c1-8(2)11-6-9(3)13-7-12(11)14-10-4-5-10/h6-8,10H,4-5H2,1-3H3. The van der Waals surface area contributed by atoms with Crippen molar-refractivity contribution in [3.05, 3.63) is 23.5 Å². The summed E-state index contributed by atoms with van der Waals surface area (Å²) in [4.78, 5) is 4.28. The van der Waals surface area contributed by atoms with E-state index in [1.54, 1.807) is 0 Å². The van der Waals surface area contributed by atoms with Gasteiger partial charge < -0.3 is 4.74 Å². The Morgan fingerprint density at radius 2 is 2.14 bits per heavy atom. The number of ether oxygens (including phenoxy) is 1. The van der Waals surface area contributed by atoms with Crippen LogP contribution in [0.2, 0.25) is 0 Å². The summed E-state index contributed by atoms with van der Waals surface area (Å²) in [6.45, 7) is 6.40. The zero-order valence-corrected chi connectivity index (χ0v) is 9.08. The topological polar surface area (TPSA) is 22.1 Å². The van der Waals surface area contributed by atoms with E-state index in [1.165, 1.54) is 18.4 Å². The number of pyridine rings is 1. The minimum Gasteiger partial charge on any atom is -0.489 e. The zero-order chi connectivity index (χ0) is 10.1. The largest absolute Gasteiger partial charge is 0.489 e. The van der Waals surface area contributed by atoms with Crippen LogP contribution in [-0.4, -0.2) is 11.1 Å². The first-order chi connectivity index (χ1) is 6.66. The van der Waals surface area contributed by atoms with E-state index in [4.69, 9.17) is 4.74 Å². The van der Waals surface area contributed by atoms with Crippen molar-refractivity contribution in [1.82, 2.24) is 4.98 Å². The van der Waals surface area contributed by atoms with E-state index in [9.17, 15) is 0 Å². The molecule has 1 fully saturated rings. The Morgan fingerprint density at radius 1 is 1.43 bits per heavy atom. The van der Waals surface area contributed by atoms with Gasteiger partial charge in [0.1, 0.15) is 5.75 Å². The van der Waals surface area contributed by atoms with Crippen molar-refractivity contribution < 1.29 is 4.74 Å². The Morgan fingerprint density at radius 3 is 2.71 bits per heavy atom. The average molecular weight is 191 g/mol. The van der Waals surface area contributed by atoms with Gasteiger partial charge in [-0.1, -0.05) is 13.8 Å². The van der Waals surface area contributed by atoms with Gasteiger partial charge in [0.25, 0.3) is 0 Å². The van der Waals surface area contributed by atoms with Gasteiger partial charge in [0.2, 0.25) is 0 Å². The molecule has 76 valence electrons. The highest BCUT2D eigenvalue weighted by Crippen LogP contribution is 2.32. The first-order valence-corrected chi connectivity index (χ1v) is 5.30. The lowest BCUT2D eigenvalue weighted by atomic mass is 10.0. The maximum absolute atomic E-state index is 5.81. The fourth-order valence-electron chi connectivity index (χ4n) is 1.48. The molecule has 1 aliphatic carbocycles. The molecule has 0 N–H and O–H groups in total. The van der Waals surface area contributed by atoms with Crippen LogP contribution in [0.5, 0.6) is 5.75 Å². The lowest BCUT2D eigenvalue weighted by Gasteiger charge is -2.13. The molecule has 0 atom stereocenters. The van der Waals surface area contributed by atoms with Gasteiger partial charge in [-0.2, -0.15) is 0 Å². The lowest BCUT2D eigenvalue weighted by molar-refractivity contribution is 0.297. The molecule has 0 bridgehead atoms. The minimum absolute atomic E-state index is 0.456. The summed E-state index contributed by atoms with van der Waals surface area (Å²) in [5.74, 6) is 1.48. The van der Waals surface area contributed by atoms with E-state index in [1.807, 2.05) is 13.1 Å². The van der Waals surface area contributed by atoms with Gasteiger partial charge in [0.05, 0.1) is 12.3 Å². The molecular weight excluding hydrogens is 174 g/mol. The van der Waals surface area contributed by atoms with Gasteiger partial charge in [-0.3, -0.25) is 4.98 Å². The van der Waals surface area contributed by atoms with Crippen molar-refractivity contribution >= 4 is 0 Å². The van der Waals surface area contributed by atoms with Crippen molar-refractivity contribution in [3.63, 3.8) is 0 Å². The number of aromatic nitrogens is 1. The molecule has 2 heteroatoms. The van der Waals surface area contributed by atoms with E-state index in [0.29, 0.717) is 12.0 Å². The van der Waals surface area contributed by atoms with Gasteiger partial charge in [0.15, 0.2) is 0 Å². The highest BCUT2D eigenvalue weighted by Gasteiger charge is 2.25. The van der Waals surface area contributed by atoms with Crippen LogP contribution in [0.1, 0.15) is 43.9 Å². The lowest BCUT2D eigenvalue weighted by Crippen LogP contribution is -2.02. The normalized spacial score (nSPS) is 16.0. The van der Waals surface area contributed by atoms with Crippen molar-refractivity contribution in [2.45, 2.75) is 45.6 Å². The van der Waals surface area contributed by atoms with E-state index >= 15 is 0 Å². The Bertz CT molecular complexity index is 329. The van der Waals surface area contributed by atoms with Crippen LogP contribution >= 0.6 is 0 Å². The molecule has 0 saturated heterocycles. The molecule has 0 amide bonds. The molecule has 0 aromatic carbocycles. The van der Waals surface area contributed by atoms with Crippen LogP contribution in [0.3, 0.4) is 0 Å². The van der Waals surface area contributed by atoms with Gasteiger partial charge in [-0.05, 0) is 31.7 Å². The third-order valence-corrected chi connectivity index (χ3v) is 2.47. The molecule has 1 saturated carbocycles. The van der Waals surface area contributed by atoms with Gasteiger partial charge >= 0.3 is 0 Å². The summed E-state index contributed by atoms with van der Waals surface area (Å²) in [7, 11) is 0. The number of rotatable bonds is 3. The van der Waals surface area contributed by atoms with Gasteiger partial charge in [0, 0.05) is 11.3 Å². The second-order valence-electron chi connectivity index (χ2n) is 4.34. The van der Waals surface area contributed by atoms with Crippen LogP contribution in [0.15, 0.2) is 12.3 Å². The Hall–Kier alpha value is -1.05. The molecule has 14 heavy (non-hydrogen) atoms. The Balaban J connectivity index is 2.26. The van der Waals surface area contributed by atoms with Crippen LogP contribution in [0.4, 0.5) is 0 Å². The predicted molar refractivity (Wildman–Crippen MR) is 56.7 cm³/mol. The molecule has 1 aliphatic rings. The number of aryl methyl sites for hydroxylation is 1. The SMILES string of the molecule is Cc1cc(C(C)C)c(OC2CC2)cn1. The molecule has 1 aromatic rings. The maximum atomic E-state index is 5.81. The van der Waals surface area contributed by atoms with E-state index in [-0.39, 0.29) is 0 Å². The summed E-state index contributed by atoms with van der Waals surface area (Å²) < 4.78 is 5.81. The van der Waals surface area contributed by atoms with Crippen molar-refractivity contribution in [1.29, 1.82) is 0 Å². The second-order valence-corrected chi connectivity index (χ2v) is 4.34. The van der Waals surface area contributed by atoms with Crippen LogP contribution in [-0.2, 0) is 0 Å². The van der Waals surface area contributed by atoms with E-state index < -0.39 is 0 Å². The fraction of sp³-hybridized carbons (Fsp3) is 0.583. The summed E-state index contributed by atoms with van der Waals surface area (Å²) in [5.41, 5.74) is 2.35. The highest BCUT2D eigenvalue weighted by atomic mass is 16.5. The molecule has 2 nitrogen and oxygen atoms in total. The first-order valence-electron chi connectivity index (χ1n) is 5.30. The number of nitrogens with zero attached hydrogens (tertiary/aromatic N) is 1. The van der Waals surface area contributed by atoms with Crippen molar-refractivity contribution in [2.75, 3.05) is 0 Å². The first kappa shape index (κ1) is 9.50. The van der Waals surface area contributed by atoms with Crippen LogP contribution in [0, 0.1) is 6.92 Å². The second kappa shape index (κ2) is 3.60. The summed E-state index contributed by atoms with van der Waals surface area (Å²) in [6, 6.07) is 2.13. The predicted octanol–water partition coefficient (Wildman–Crippen LogP) is 3.05. The van der Waals surface area contributed by atoms with Gasteiger partial charge in [-0.25, -0.2) is 0 Å². The summed E-state index contributed by atoms with van der Waals surface area (Å²) in [6.07, 6.45) is 4.72. The smallest absolute Gasteiger partial charge is 0.141 e. The molecule has 2 rings (SSSR count). The molecule has 0 aliphatic heterocycles. The third-order valence-electron chi connectivity index (χ3n) is 2.47. The summed E-state index contributed by atoms with van der Waals surface area (Å²) >= 11 is 0. The van der Waals surface area contributed by atoms with Gasteiger partial charge in [-0.15, -0.1) is 0 Å². The molecule has 0 unspecified atom stereocenters. The van der Waals surface area contributed by atoms with E-state index in [2.05, 4.69) is 24.9 Å². The quantitative estimate of drug-likeness (QED) is 0.732. The highest BCUT2D eigenvalue weighted by molar-refractivity contribution is 5.35. The Kier molecular flexibility index (Phi) is 2.44. The average Bonchev–Trinajstić information content (AvgIpc) is 2.91. The maximum Gasteiger partial charge on any atom is 0.141 e. The monoisotopic (exact) mass is 191 g/mol. The molecule has 0 spiro atoms. The fourth-order valence-corrected chi connectivity index (χ4v) is 1.48.